The molecule has 1 aliphatic heterocycles. The van der Waals surface area contributed by atoms with E-state index in [1.165, 1.54) is 0 Å². The molecule has 4 atom stereocenters. The minimum atomic E-state index is -1.36. The molecule has 0 saturated carbocycles. The number of ether oxygens (including phenoxy) is 5. The van der Waals surface area contributed by atoms with Gasteiger partial charge in [0.25, 0.3) is 0 Å². The van der Waals surface area contributed by atoms with Crippen molar-refractivity contribution in [3.63, 3.8) is 0 Å². The smallest absolute Gasteiger partial charge is 0.224 e. The van der Waals surface area contributed by atoms with Gasteiger partial charge >= 0.3 is 0 Å². The van der Waals surface area contributed by atoms with Crippen LogP contribution in [-0.4, -0.2) is 55.5 Å². The molecule has 0 bridgehead atoms. The van der Waals surface area contributed by atoms with E-state index in [4.69, 9.17) is 40.4 Å². The van der Waals surface area contributed by atoms with E-state index in [0.717, 1.165) is 33.6 Å². The minimum absolute atomic E-state index is 0.186. The second kappa shape index (κ2) is 21.0. The van der Waals surface area contributed by atoms with Gasteiger partial charge in [0.2, 0.25) is 5.79 Å². The van der Waals surface area contributed by atoms with E-state index >= 15 is 0 Å². The fourth-order valence-electron chi connectivity index (χ4n) is 5.54. The van der Waals surface area contributed by atoms with Gasteiger partial charge in [0.1, 0.15) is 11.9 Å². The molecule has 7 nitrogen and oxygen atoms in total. The van der Waals surface area contributed by atoms with E-state index in [0.29, 0.717) is 37.7 Å². The van der Waals surface area contributed by atoms with Crippen molar-refractivity contribution in [3.05, 3.63) is 136 Å². The third-order valence-corrected chi connectivity index (χ3v) is 8.08. The normalized spacial score (nSPS) is 20.1. The predicted molar refractivity (Wildman–Crippen MR) is 191 cm³/mol. The van der Waals surface area contributed by atoms with E-state index in [-0.39, 0.29) is 13.2 Å². The number of methoxy groups -OCH3 is 1. The Labute approximate surface area is 291 Å². The lowest BCUT2D eigenvalue weighted by atomic mass is 9.87. The fourth-order valence-corrected chi connectivity index (χ4v) is 5.73. The quantitative estimate of drug-likeness (QED) is 0.148. The van der Waals surface area contributed by atoms with Gasteiger partial charge in [-0.1, -0.05) is 104 Å². The van der Waals surface area contributed by atoms with Crippen LogP contribution in [0, 0.1) is 0 Å². The largest absolute Gasteiger partial charge is 0.494 e. The van der Waals surface area contributed by atoms with Crippen LogP contribution in [0.5, 0.6) is 5.75 Å². The van der Waals surface area contributed by atoms with Crippen LogP contribution < -0.4 is 4.74 Å². The fraction of sp³-hybridized carbons (Fsp3) is 0.400. The SMILES string of the molecule is CC.CCO.CCOc1ccc(Cc2cc([C@]3(OC)OC(CO)CC(OCc4ccccc4)[C@H]3OCc3ccccc3)ccc2Cl)cc1. The molecule has 2 unspecified atom stereocenters. The molecule has 0 amide bonds. The van der Waals surface area contributed by atoms with E-state index in [1.807, 2.05) is 124 Å². The van der Waals surface area contributed by atoms with Crippen LogP contribution in [0.2, 0.25) is 5.02 Å². The number of halogens is 1. The number of hydrogen-bond donors (Lipinski definition) is 2. The Morgan fingerprint density at radius 2 is 1.38 bits per heavy atom. The summed E-state index contributed by atoms with van der Waals surface area (Å²) in [6.07, 6.45) is -0.557. The van der Waals surface area contributed by atoms with Crippen LogP contribution in [-0.2, 0) is 44.4 Å². The third kappa shape index (κ3) is 10.9. The summed E-state index contributed by atoms with van der Waals surface area (Å²) in [6, 6.07) is 33.8. The van der Waals surface area contributed by atoms with Crippen molar-refractivity contribution >= 4 is 11.6 Å². The first-order valence-corrected chi connectivity index (χ1v) is 17.1. The predicted octanol–water partition coefficient (Wildman–Crippen LogP) is 8.11. The molecule has 0 aromatic heterocycles. The lowest BCUT2D eigenvalue weighted by Gasteiger charge is -2.48. The summed E-state index contributed by atoms with van der Waals surface area (Å²) in [4.78, 5) is 0. The van der Waals surface area contributed by atoms with Crippen LogP contribution in [0.3, 0.4) is 0 Å². The highest BCUT2D eigenvalue weighted by Crippen LogP contribution is 2.43. The first-order valence-electron chi connectivity index (χ1n) is 16.7. The Morgan fingerprint density at radius 3 is 1.92 bits per heavy atom. The molecule has 1 heterocycles. The average molecular weight is 679 g/mol. The van der Waals surface area contributed by atoms with Gasteiger partial charge in [-0.2, -0.15) is 0 Å². The molecule has 48 heavy (non-hydrogen) atoms. The molecule has 4 aromatic rings. The van der Waals surface area contributed by atoms with Crippen LogP contribution in [0.25, 0.3) is 0 Å². The van der Waals surface area contributed by atoms with E-state index in [9.17, 15) is 5.11 Å². The van der Waals surface area contributed by atoms with Gasteiger partial charge in [-0.3, -0.25) is 0 Å². The highest BCUT2D eigenvalue weighted by atomic mass is 35.5. The van der Waals surface area contributed by atoms with Gasteiger partial charge in [-0.15, -0.1) is 0 Å². The van der Waals surface area contributed by atoms with Crippen molar-refractivity contribution in [1.29, 1.82) is 0 Å². The number of aliphatic hydroxyl groups excluding tert-OH is 2. The first-order chi connectivity index (χ1) is 23.5. The monoisotopic (exact) mass is 678 g/mol. The molecule has 5 rings (SSSR count). The maximum absolute atomic E-state index is 10.3. The molecule has 8 heteroatoms. The maximum Gasteiger partial charge on any atom is 0.224 e. The second-order valence-electron chi connectivity index (χ2n) is 11.0. The van der Waals surface area contributed by atoms with Crippen LogP contribution in [0.4, 0.5) is 0 Å². The minimum Gasteiger partial charge on any atom is -0.494 e. The van der Waals surface area contributed by atoms with E-state index in [1.54, 1.807) is 14.0 Å². The molecule has 1 saturated heterocycles. The summed E-state index contributed by atoms with van der Waals surface area (Å²) >= 11 is 6.73. The Balaban J connectivity index is 0.00000118. The topological polar surface area (TPSA) is 86.6 Å². The number of aliphatic hydroxyl groups is 2. The van der Waals surface area contributed by atoms with Crippen LogP contribution in [0.1, 0.15) is 61.9 Å². The Kier molecular flexibility index (Phi) is 17.1. The lowest BCUT2D eigenvalue weighted by Crippen LogP contribution is -2.59. The highest BCUT2D eigenvalue weighted by Gasteiger charge is 2.53. The van der Waals surface area contributed by atoms with Gasteiger partial charge in [-0.25, -0.2) is 0 Å². The molecule has 2 N–H and O–H groups in total. The van der Waals surface area contributed by atoms with E-state index < -0.39 is 24.1 Å². The zero-order valence-electron chi connectivity index (χ0n) is 28.8. The molecule has 0 spiro atoms. The highest BCUT2D eigenvalue weighted by molar-refractivity contribution is 6.31. The summed E-state index contributed by atoms with van der Waals surface area (Å²) in [5.41, 5.74) is 4.81. The van der Waals surface area contributed by atoms with Crippen molar-refractivity contribution in [2.75, 3.05) is 26.9 Å². The molecule has 0 aliphatic carbocycles. The van der Waals surface area contributed by atoms with Crippen molar-refractivity contribution in [3.8, 4) is 5.75 Å². The van der Waals surface area contributed by atoms with Gasteiger partial charge in [-0.05, 0) is 66.8 Å². The summed E-state index contributed by atoms with van der Waals surface area (Å²) in [6.45, 7) is 9.05. The summed E-state index contributed by atoms with van der Waals surface area (Å²) in [7, 11) is 1.60. The maximum atomic E-state index is 10.3. The third-order valence-electron chi connectivity index (χ3n) is 7.71. The molecule has 1 fully saturated rings. The second-order valence-corrected chi connectivity index (χ2v) is 11.4. The number of rotatable bonds is 13. The molecule has 1 aliphatic rings. The molecule has 4 aromatic carbocycles. The summed E-state index contributed by atoms with van der Waals surface area (Å²) in [5.74, 6) is -0.532. The number of benzene rings is 4. The van der Waals surface area contributed by atoms with Gasteiger partial charge in [0.05, 0.1) is 38.6 Å². The molecular formula is C40H51ClO7. The average Bonchev–Trinajstić information content (AvgIpc) is 3.13. The lowest BCUT2D eigenvalue weighted by molar-refractivity contribution is -0.359. The first kappa shape index (κ1) is 39.2. The van der Waals surface area contributed by atoms with Crippen molar-refractivity contribution < 1.29 is 33.9 Å². The summed E-state index contributed by atoms with van der Waals surface area (Å²) < 4.78 is 31.6. The van der Waals surface area contributed by atoms with Crippen molar-refractivity contribution in [2.45, 2.75) is 77.8 Å². The zero-order valence-corrected chi connectivity index (χ0v) is 29.6. The Morgan fingerprint density at radius 1 is 0.792 bits per heavy atom. The van der Waals surface area contributed by atoms with Gasteiger partial charge < -0.3 is 33.9 Å². The van der Waals surface area contributed by atoms with Crippen LogP contribution >= 0.6 is 11.6 Å². The molecule has 260 valence electrons. The van der Waals surface area contributed by atoms with E-state index in [2.05, 4.69) is 0 Å². The summed E-state index contributed by atoms with van der Waals surface area (Å²) in [5, 5.41) is 18.5. The standard InChI is InChI=1S/C36H39ClO6.C2H6O.C2H6/c1-3-40-31-17-14-26(15-18-31)20-29-21-30(16-19-33(29)37)36(39-2)35(42-25-28-12-8-5-9-13-28)34(22-32(23-38)43-36)41-24-27-10-6-4-7-11-27;1-2-3;1-2/h4-19,21,32,34-35,38H,3,20,22-25H2,1-2H3;3H,2H2,1H3;1-2H3/t32?,34?,35-,36+;;/m1../s1. The van der Waals surface area contributed by atoms with Gasteiger partial charge in [0, 0.05) is 30.7 Å². The van der Waals surface area contributed by atoms with Crippen LogP contribution in [0.15, 0.2) is 103 Å². The molecular weight excluding hydrogens is 628 g/mol. The number of hydrogen-bond acceptors (Lipinski definition) is 7. The Hall–Kier alpha value is -3.27. The Bertz CT molecular complexity index is 1440. The van der Waals surface area contributed by atoms with Crippen molar-refractivity contribution in [2.24, 2.45) is 0 Å². The molecule has 0 radical (unpaired) electrons. The van der Waals surface area contributed by atoms with Crippen molar-refractivity contribution in [1.82, 2.24) is 0 Å². The zero-order chi connectivity index (χ0) is 34.8. The van der Waals surface area contributed by atoms with Gasteiger partial charge in [0.15, 0.2) is 0 Å².